The van der Waals surface area contributed by atoms with E-state index in [4.69, 9.17) is 11.6 Å². The van der Waals surface area contributed by atoms with Crippen molar-refractivity contribution in [1.29, 1.82) is 0 Å². The van der Waals surface area contributed by atoms with Gasteiger partial charge in [0.15, 0.2) is 0 Å². The maximum atomic E-state index is 13.2. The Bertz CT molecular complexity index is 726. The van der Waals surface area contributed by atoms with Gasteiger partial charge in [0, 0.05) is 24.7 Å². The fourth-order valence-electron chi connectivity index (χ4n) is 3.76. The summed E-state index contributed by atoms with van der Waals surface area (Å²) in [4.78, 5) is 25.8. The second kappa shape index (κ2) is 7.96. The van der Waals surface area contributed by atoms with Crippen molar-refractivity contribution in [3.63, 3.8) is 0 Å². The van der Waals surface area contributed by atoms with Crippen molar-refractivity contribution < 1.29 is 22.8 Å². The van der Waals surface area contributed by atoms with Gasteiger partial charge in [-0.2, -0.15) is 13.2 Å². The molecule has 1 saturated heterocycles. The third kappa shape index (κ3) is 4.66. The van der Waals surface area contributed by atoms with Crippen molar-refractivity contribution in [3.8, 4) is 0 Å². The molecule has 1 aliphatic carbocycles. The van der Waals surface area contributed by atoms with Crippen LogP contribution < -0.4 is 15.5 Å². The Balaban J connectivity index is 1.71. The van der Waals surface area contributed by atoms with Crippen LogP contribution in [0.15, 0.2) is 18.2 Å². The Kier molecular flexibility index (Phi) is 5.83. The molecule has 0 unspecified atom stereocenters. The number of anilines is 2. The van der Waals surface area contributed by atoms with Gasteiger partial charge in [-0.05, 0) is 31.0 Å². The summed E-state index contributed by atoms with van der Waals surface area (Å²) in [5.41, 5.74) is 0.997. The molecule has 2 atom stereocenters. The minimum atomic E-state index is -4.38. The maximum absolute atomic E-state index is 13.2. The topological polar surface area (TPSA) is 61.4 Å². The lowest BCUT2D eigenvalue weighted by molar-refractivity contribution is -0.197. The first-order valence-electron chi connectivity index (χ1n) is 8.94. The highest BCUT2D eigenvalue weighted by molar-refractivity contribution is 6.33. The van der Waals surface area contributed by atoms with Gasteiger partial charge in [-0.3, -0.25) is 9.59 Å². The Morgan fingerprint density at radius 1 is 1.26 bits per heavy atom. The summed E-state index contributed by atoms with van der Waals surface area (Å²) in [6.07, 6.45) is -3.07. The molecule has 1 heterocycles. The molecule has 1 aliphatic heterocycles. The number of amides is 2. The van der Waals surface area contributed by atoms with Gasteiger partial charge in [0.2, 0.25) is 11.8 Å². The highest BCUT2D eigenvalue weighted by atomic mass is 35.5. The van der Waals surface area contributed by atoms with Crippen LogP contribution in [-0.2, 0) is 9.59 Å². The number of alkyl halides is 3. The van der Waals surface area contributed by atoms with Crippen LogP contribution in [0.25, 0.3) is 0 Å². The van der Waals surface area contributed by atoms with Crippen molar-refractivity contribution in [2.24, 2.45) is 11.8 Å². The number of piperazine rings is 1. The van der Waals surface area contributed by atoms with E-state index in [2.05, 4.69) is 10.6 Å². The molecular formula is C18H21ClF3N3O2. The number of carbonyl (C=O) groups excluding carboxylic acids is 2. The zero-order valence-corrected chi connectivity index (χ0v) is 15.4. The van der Waals surface area contributed by atoms with Crippen LogP contribution in [0.4, 0.5) is 24.5 Å². The molecule has 3 rings (SSSR count). The molecule has 1 aromatic rings. The van der Waals surface area contributed by atoms with E-state index in [1.54, 1.807) is 12.1 Å². The summed E-state index contributed by atoms with van der Waals surface area (Å²) < 4.78 is 39.6. The second-order valence-electron chi connectivity index (χ2n) is 6.97. The van der Waals surface area contributed by atoms with Gasteiger partial charge in [-0.25, -0.2) is 0 Å². The Morgan fingerprint density at radius 2 is 2.00 bits per heavy atom. The first-order valence-corrected chi connectivity index (χ1v) is 9.32. The molecule has 0 aromatic heterocycles. The number of carbonyl (C=O) groups is 2. The fraction of sp³-hybridized carbons (Fsp3) is 0.556. The predicted octanol–water partition coefficient (Wildman–Crippen LogP) is 3.58. The number of halogens is 4. The maximum Gasteiger partial charge on any atom is 0.392 e. The number of benzene rings is 1. The average Bonchev–Trinajstić information content (AvgIpc) is 2.61. The number of nitrogens with one attached hydrogen (secondary N) is 2. The summed E-state index contributed by atoms with van der Waals surface area (Å²) in [7, 11) is 0. The first kappa shape index (κ1) is 19.8. The molecule has 5 nitrogen and oxygen atoms in total. The van der Waals surface area contributed by atoms with Crippen molar-refractivity contribution in [3.05, 3.63) is 23.2 Å². The minimum Gasteiger partial charge on any atom is -0.359 e. The summed E-state index contributed by atoms with van der Waals surface area (Å²) in [6.45, 7) is 1.29. The molecule has 0 radical (unpaired) electrons. The van der Waals surface area contributed by atoms with E-state index >= 15 is 0 Å². The molecule has 2 amide bonds. The van der Waals surface area contributed by atoms with Crippen LogP contribution in [0.3, 0.4) is 0 Å². The lowest BCUT2D eigenvalue weighted by atomic mass is 9.78. The highest BCUT2D eigenvalue weighted by Gasteiger charge is 2.48. The minimum absolute atomic E-state index is 0.0156. The van der Waals surface area contributed by atoms with Crippen molar-refractivity contribution in [1.82, 2.24) is 5.32 Å². The Hall–Kier alpha value is -1.96. The van der Waals surface area contributed by atoms with E-state index in [0.717, 1.165) is 0 Å². The van der Waals surface area contributed by atoms with E-state index < -0.39 is 23.9 Å². The first-order chi connectivity index (χ1) is 12.8. The molecule has 1 saturated carbocycles. The van der Waals surface area contributed by atoms with Gasteiger partial charge in [-0.15, -0.1) is 0 Å². The van der Waals surface area contributed by atoms with E-state index in [1.165, 1.54) is 6.07 Å². The fourth-order valence-corrected chi connectivity index (χ4v) is 4.06. The number of hydrogen-bond acceptors (Lipinski definition) is 3. The second-order valence-corrected chi connectivity index (χ2v) is 7.37. The molecule has 2 aliphatic rings. The van der Waals surface area contributed by atoms with Crippen LogP contribution in [0.2, 0.25) is 5.02 Å². The normalized spacial score (nSPS) is 23.7. The van der Waals surface area contributed by atoms with Crippen molar-refractivity contribution >= 4 is 34.8 Å². The zero-order chi connectivity index (χ0) is 19.6. The monoisotopic (exact) mass is 403 g/mol. The van der Waals surface area contributed by atoms with Gasteiger partial charge in [0.05, 0.1) is 23.2 Å². The van der Waals surface area contributed by atoms with Crippen LogP contribution in [-0.4, -0.2) is 37.6 Å². The van der Waals surface area contributed by atoms with Gasteiger partial charge >= 0.3 is 6.18 Å². The summed E-state index contributed by atoms with van der Waals surface area (Å²) in [6, 6.07) is 4.77. The molecule has 27 heavy (non-hydrogen) atoms. The van der Waals surface area contributed by atoms with E-state index in [9.17, 15) is 22.8 Å². The quantitative estimate of drug-likeness (QED) is 0.810. The molecule has 0 spiro atoms. The largest absolute Gasteiger partial charge is 0.392 e. The number of hydrogen-bond donors (Lipinski definition) is 2. The van der Waals surface area contributed by atoms with Crippen LogP contribution in [0, 0.1) is 11.8 Å². The van der Waals surface area contributed by atoms with Crippen molar-refractivity contribution in [2.75, 3.05) is 29.9 Å². The summed E-state index contributed by atoms with van der Waals surface area (Å²) in [5, 5.41) is 5.62. The number of nitrogens with zero attached hydrogens (tertiary/aromatic N) is 1. The molecule has 2 fully saturated rings. The molecule has 1 aromatic carbocycles. The summed E-state index contributed by atoms with van der Waals surface area (Å²) in [5.74, 6) is -3.42. The predicted molar refractivity (Wildman–Crippen MR) is 96.8 cm³/mol. The van der Waals surface area contributed by atoms with Crippen LogP contribution in [0.5, 0.6) is 0 Å². The lowest BCUT2D eigenvalue weighted by Crippen LogP contribution is -2.47. The molecule has 148 valence electrons. The van der Waals surface area contributed by atoms with Gasteiger partial charge in [-0.1, -0.05) is 24.4 Å². The lowest BCUT2D eigenvalue weighted by Gasteiger charge is -2.32. The molecular weight excluding hydrogens is 383 g/mol. The smallest absolute Gasteiger partial charge is 0.359 e. The van der Waals surface area contributed by atoms with Gasteiger partial charge in [0.25, 0.3) is 0 Å². The van der Waals surface area contributed by atoms with E-state index in [0.29, 0.717) is 42.3 Å². The Morgan fingerprint density at radius 3 is 2.67 bits per heavy atom. The van der Waals surface area contributed by atoms with Crippen LogP contribution in [0.1, 0.15) is 25.7 Å². The highest BCUT2D eigenvalue weighted by Crippen LogP contribution is 2.42. The SMILES string of the molecule is O=C1CN(c2ccc(NC(=O)[C@@H]3CCCC[C@@H]3C(F)(F)F)cc2Cl)CCN1. The van der Waals surface area contributed by atoms with Crippen molar-refractivity contribution in [2.45, 2.75) is 31.9 Å². The zero-order valence-electron chi connectivity index (χ0n) is 14.6. The standard InChI is InChI=1S/C18H21ClF3N3O2/c19-14-9-11(5-6-15(14)25-8-7-23-16(26)10-25)24-17(27)12-3-1-2-4-13(12)18(20,21)22/h5-6,9,12-13H,1-4,7-8,10H2,(H,23,26)(H,24,27)/t12-,13+/m1/s1. The third-order valence-electron chi connectivity index (χ3n) is 5.12. The molecule has 2 N–H and O–H groups in total. The molecule has 0 bridgehead atoms. The molecule has 9 heteroatoms. The Labute approximate surface area is 160 Å². The van der Waals surface area contributed by atoms with E-state index in [-0.39, 0.29) is 25.3 Å². The van der Waals surface area contributed by atoms with E-state index in [1.807, 2.05) is 4.90 Å². The average molecular weight is 404 g/mol. The third-order valence-corrected chi connectivity index (χ3v) is 5.42. The van der Waals surface area contributed by atoms with Gasteiger partial charge < -0.3 is 15.5 Å². The summed E-state index contributed by atoms with van der Waals surface area (Å²) >= 11 is 6.28. The number of rotatable bonds is 3. The van der Waals surface area contributed by atoms with Gasteiger partial charge in [0.1, 0.15) is 0 Å². The van der Waals surface area contributed by atoms with Crippen LogP contribution >= 0.6 is 11.6 Å².